The Morgan fingerprint density at radius 1 is 1.24 bits per heavy atom. The number of allylic oxidation sites excluding steroid dienone is 2. The van der Waals surface area contributed by atoms with Crippen molar-refractivity contribution in [1.29, 1.82) is 0 Å². The van der Waals surface area contributed by atoms with Gasteiger partial charge in [-0.05, 0) is 57.8 Å². The summed E-state index contributed by atoms with van der Waals surface area (Å²) in [5.41, 5.74) is -0.613. The molecule has 0 aromatic heterocycles. The van der Waals surface area contributed by atoms with E-state index in [4.69, 9.17) is 5.11 Å². The van der Waals surface area contributed by atoms with Crippen molar-refractivity contribution in [3.8, 4) is 0 Å². The summed E-state index contributed by atoms with van der Waals surface area (Å²) in [4.78, 5) is 22.6. The number of aliphatic carboxylic acids is 1. The molecule has 1 saturated carbocycles. The van der Waals surface area contributed by atoms with Gasteiger partial charge in [0.05, 0.1) is 5.60 Å². The number of hydrogen-bond acceptors (Lipinski definition) is 3. The van der Waals surface area contributed by atoms with Gasteiger partial charge in [0.1, 0.15) is 5.78 Å². The maximum Gasteiger partial charge on any atom is 0.303 e. The van der Waals surface area contributed by atoms with Crippen LogP contribution in [0.15, 0.2) is 12.2 Å². The molecule has 0 aromatic rings. The average Bonchev–Trinajstić information content (AvgIpc) is 2.89. The zero-order valence-corrected chi connectivity index (χ0v) is 16.0. The first-order chi connectivity index (χ1) is 11.9. The molecule has 2 N–H and O–H groups in total. The van der Waals surface area contributed by atoms with E-state index in [1.165, 1.54) is 0 Å². The summed E-state index contributed by atoms with van der Waals surface area (Å²) in [6, 6.07) is 0. The van der Waals surface area contributed by atoms with Crippen molar-refractivity contribution in [1.82, 2.24) is 0 Å². The molecule has 0 amide bonds. The fourth-order valence-corrected chi connectivity index (χ4v) is 3.76. The molecule has 144 valence electrons. The summed E-state index contributed by atoms with van der Waals surface area (Å²) in [6.45, 7) is 4.09. The minimum atomic E-state index is -0.759. The van der Waals surface area contributed by atoms with Crippen molar-refractivity contribution in [3.63, 3.8) is 0 Å². The molecule has 0 aromatic carbocycles. The number of carbonyl (C=O) groups is 2. The highest BCUT2D eigenvalue weighted by molar-refractivity contribution is 5.83. The van der Waals surface area contributed by atoms with Crippen LogP contribution in [-0.2, 0) is 9.59 Å². The van der Waals surface area contributed by atoms with Crippen LogP contribution in [0.5, 0.6) is 0 Å². The highest BCUT2D eigenvalue weighted by atomic mass is 16.4. The van der Waals surface area contributed by atoms with Gasteiger partial charge in [0.25, 0.3) is 0 Å². The fraction of sp³-hybridized carbons (Fsp3) is 0.810. The number of ketones is 1. The van der Waals surface area contributed by atoms with E-state index in [0.29, 0.717) is 24.5 Å². The van der Waals surface area contributed by atoms with E-state index in [1.807, 2.05) is 19.1 Å². The molecule has 0 heterocycles. The molecule has 1 aliphatic carbocycles. The number of carboxylic acid groups (broad SMARTS) is 1. The fourth-order valence-electron chi connectivity index (χ4n) is 3.76. The standard InChI is InChI=1S/C21H36O4/c1-3-4-9-15-21(2,25)16-14-17-12-13-19(22)18(17)10-7-5-6-8-11-20(23)24/h5,7,17-18,25H,3-4,6,8-16H2,1-2H3,(H,23,24). The van der Waals surface area contributed by atoms with Crippen LogP contribution in [0.4, 0.5) is 0 Å². The number of carboxylic acids is 1. The molecule has 4 nitrogen and oxygen atoms in total. The average molecular weight is 353 g/mol. The molecule has 0 radical (unpaired) electrons. The molecule has 1 rings (SSSR count). The van der Waals surface area contributed by atoms with E-state index in [1.54, 1.807) is 0 Å². The second kappa shape index (κ2) is 11.5. The van der Waals surface area contributed by atoms with Gasteiger partial charge in [-0.25, -0.2) is 0 Å². The van der Waals surface area contributed by atoms with Crippen LogP contribution in [0.25, 0.3) is 0 Å². The predicted octanol–water partition coefficient (Wildman–Crippen LogP) is 4.89. The van der Waals surface area contributed by atoms with Crippen LogP contribution in [0, 0.1) is 11.8 Å². The molecule has 0 saturated heterocycles. The molecule has 1 fully saturated rings. The third-order valence-electron chi connectivity index (χ3n) is 5.43. The SMILES string of the molecule is CCCCCC(C)(O)CCC1CCC(=O)C1CC=CCCCC(=O)O. The Balaban J connectivity index is 2.36. The normalized spacial score (nSPS) is 23.2. The highest BCUT2D eigenvalue weighted by Gasteiger charge is 2.34. The molecule has 3 unspecified atom stereocenters. The Kier molecular flexibility index (Phi) is 10.0. The highest BCUT2D eigenvalue weighted by Crippen LogP contribution is 2.37. The van der Waals surface area contributed by atoms with Crippen LogP contribution in [-0.4, -0.2) is 27.6 Å². The topological polar surface area (TPSA) is 74.6 Å². The number of rotatable bonds is 13. The van der Waals surface area contributed by atoms with Crippen LogP contribution in [0.2, 0.25) is 0 Å². The van der Waals surface area contributed by atoms with Crippen LogP contribution in [0.1, 0.15) is 90.9 Å². The number of carbonyl (C=O) groups excluding carboxylic acids is 1. The van der Waals surface area contributed by atoms with Gasteiger partial charge in [-0.2, -0.15) is 0 Å². The van der Waals surface area contributed by atoms with Gasteiger partial charge in [0, 0.05) is 18.8 Å². The third-order valence-corrected chi connectivity index (χ3v) is 5.43. The van der Waals surface area contributed by atoms with Crippen molar-refractivity contribution in [3.05, 3.63) is 12.2 Å². The quantitative estimate of drug-likeness (QED) is 0.365. The lowest BCUT2D eigenvalue weighted by atomic mass is 9.83. The molecule has 0 spiro atoms. The van der Waals surface area contributed by atoms with E-state index >= 15 is 0 Å². The van der Waals surface area contributed by atoms with Gasteiger partial charge in [-0.15, -0.1) is 0 Å². The van der Waals surface area contributed by atoms with Gasteiger partial charge in [-0.1, -0.05) is 38.3 Å². The van der Waals surface area contributed by atoms with Crippen molar-refractivity contribution < 1.29 is 19.8 Å². The first kappa shape index (κ1) is 21.9. The summed E-state index contributed by atoms with van der Waals surface area (Å²) in [5.74, 6) is 0.0622. The van der Waals surface area contributed by atoms with Crippen molar-refractivity contribution >= 4 is 11.8 Å². The Morgan fingerprint density at radius 2 is 2.00 bits per heavy atom. The van der Waals surface area contributed by atoms with Crippen LogP contribution >= 0.6 is 0 Å². The summed E-state index contributed by atoms with van der Waals surface area (Å²) in [6.07, 6.45) is 13.9. The summed E-state index contributed by atoms with van der Waals surface area (Å²) >= 11 is 0. The van der Waals surface area contributed by atoms with Crippen molar-refractivity contribution in [2.45, 2.75) is 96.5 Å². The number of Topliss-reactive ketones (excluding diaryl/α,β-unsaturated/α-hetero) is 1. The first-order valence-electron chi connectivity index (χ1n) is 9.97. The zero-order chi connectivity index (χ0) is 18.7. The van der Waals surface area contributed by atoms with Gasteiger partial charge in [0.2, 0.25) is 0 Å². The maximum atomic E-state index is 12.2. The van der Waals surface area contributed by atoms with E-state index in [-0.39, 0.29) is 12.3 Å². The van der Waals surface area contributed by atoms with Crippen LogP contribution < -0.4 is 0 Å². The molecule has 0 aliphatic heterocycles. The smallest absolute Gasteiger partial charge is 0.303 e. The predicted molar refractivity (Wildman–Crippen MR) is 100 cm³/mol. The van der Waals surface area contributed by atoms with E-state index in [0.717, 1.165) is 57.8 Å². The lowest BCUT2D eigenvalue weighted by Gasteiger charge is -2.26. The first-order valence-corrected chi connectivity index (χ1v) is 9.97. The summed E-state index contributed by atoms with van der Waals surface area (Å²) in [7, 11) is 0. The van der Waals surface area contributed by atoms with E-state index < -0.39 is 11.6 Å². The third kappa shape index (κ3) is 9.20. The molecule has 1 aliphatic rings. The molecular weight excluding hydrogens is 316 g/mol. The summed E-state index contributed by atoms with van der Waals surface area (Å²) < 4.78 is 0. The summed E-state index contributed by atoms with van der Waals surface area (Å²) in [5, 5.41) is 19.1. The number of aliphatic hydroxyl groups is 1. The van der Waals surface area contributed by atoms with Gasteiger partial charge in [-0.3, -0.25) is 9.59 Å². The lowest BCUT2D eigenvalue weighted by molar-refractivity contribution is -0.137. The minimum absolute atomic E-state index is 0.0853. The number of unbranched alkanes of at least 4 members (excludes halogenated alkanes) is 3. The second-order valence-electron chi connectivity index (χ2n) is 7.86. The molecular formula is C21H36O4. The van der Waals surface area contributed by atoms with Gasteiger partial charge >= 0.3 is 5.97 Å². The lowest BCUT2D eigenvalue weighted by Crippen LogP contribution is -2.26. The van der Waals surface area contributed by atoms with E-state index in [2.05, 4.69) is 6.92 Å². The molecule has 25 heavy (non-hydrogen) atoms. The Morgan fingerprint density at radius 3 is 2.68 bits per heavy atom. The Bertz CT molecular complexity index is 439. The molecule has 4 heteroatoms. The van der Waals surface area contributed by atoms with Crippen LogP contribution in [0.3, 0.4) is 0 Å². The van der Waals surface area contributed by atoms with Gasteiger partial charge in [0.15, 0.2) is 0 Å². The maximum absolute atomic E-state index is 12.2. The zero-order valence-electron chi connectivity index (χ0n) is 16.0. The molecule has 0 bridgehead atoms. The monoisotopic (exact) mass is 352 g/mol. The number of hydrogen-bond donors (Lipinski definition) is 2. The van der Waals surface area contributed by atoms with E-state index in [9.17, 15) is 14.7 Å². The largest absolute Gasteiger partial charge is 0.481 e. The molecule has 3 atom stereocenters. The Labute approximate surface area is 152 Å². The minimum Gasteiger partial charge on any atom is -0.481 e. The Hall–Kier alpha value is -1.16. The van der Waals surface area contributed by atoms with Crippen molar-refractivity contribution in [2.75, 3.05) is 0 Å². The van der Waals surface area contributed by atoms with Crippen molar-refractivity contribution in [2.24, 2.45) is 11.8 Å². The second-order valence-corrected chi connectivity index (χ2v) is 7.86. The van der Waals surface area contributed by atoms with Gasteiger partial charge < -0.3 is 10.2 Å².